The first kappa shape index (κ1) is 20.8. The number of carbonyl (C=O) groups excluding carboxylic acids is 2. The highest BCUT2D eigenvalue weighted by molar-refractivity contribution is 9.10. The molecule has 0 fully saturated rings. The molecular weight excluding hydrogens is 514 g/mol. The van der Waals surface area contributed by atoms with Crippen LogP contribution in [-0.2, 0) is 16.9 Å². The highest BCUT2D eigenvalue weighted by Gasteiger charge is 2.51. The number of amides is 1. The van der Waals surface area contributed by atoms with Crippen molar-refractivity contribution in [1.82, 2.24) is 0 Å². The van der Waals surface area contributed by atoms with E-state index in [1.807, 2.05) is 24.3 Å². The van der Waals surface area contributed by atoms with Gasteiger partial charge >= 0.3 is 0 Å². The minimum Gasteiger partial charge on any atom is -0.507 e. The summed E-state index contributed by atoms with van der Waals surface area (Å²) in [6, 6.07) is 18.8. The molecule has 1 unspecified atom stereocenters. The molecule has 30 heavy (non-hydrogen) atoms. The van der Waals surface area contributed by atoms with Gasteiger partial charge in [0.2, 0.25) is 0 Å². The SMILES string of the molecule is O=C(CC1(O)C(=O)N(Cc2ccc(Br)cc2)c2ccc(Br)cc21)c1ccccc1O. The maximum Gasteiger partial charge on any atom is 0.264 e. The molecule has 0 saturated heterocycles. The summed E-state index contributed by atoms with van der Waals surface area (Å²) in [7, 11) is 0. The number of phenolic OH excluding ortho intramolecular Hbond substituents is 1. The first-order valence-electron chi connectivity index (χ1n) is 9.19. The van der Waals surface area contributed by atoms with Gasteiger partial charge in [-0.15, -0.1) is 0 Å². The van der Waals surface area contributed by atoms with Crippen LogP contribution in [-0.4, -0.2) is 21.9 Å². The first-order valence-corrected chi connectivity index (χ1v) is 10.8. The zero-order valence-electron chi connectivity index (χ0n) is 15.7. The fraction of sp³-hybridized carbons (Fsp3) is 0.130. The highest BCUT2D eigenvalue weighted by atomic mass is 79.9. The zero-order chi connectivity index (χ0) is 21.5. The van der Waals surface area contributed by atoms with Crippen molar-refractivity contribution >= 4 is 49.2 Å². The standard InChI is InChI=1S/C23H17Br2NO4/c24-15-7-5-14(6-8-15)13-26-19-10-9-16(25)11-18(19)23(30,22(26)29)12-21(28)17-3-1-2-4-20(17)27/h1-11,27,30H,12-13H2. The largest absolute Gasteiger partial charge is 0.507 e. The van der Waals surface area contributed by atoms with Gasteiger partial charge in [0.1, 0.15) is 5.75 Å². The van der Waals surface area contributed by atoms with Crippen LogP contribution in [0.3, 0.4) is 0 Å². The molecule has 0 saturated carbocycles. The number of carbonyl (C=O) groups is 2. The van der Waals surface area contributed by atoms with Gasteiger partial charge in [-0.05, 0) is 48.0 Å². The van der Waals surface area contributed by atoms with Gasteiger partial charge in [-0.3, -0.25) is 9.59 Å². The monoisotopic (exact) mass is 529 g/mol. The number of phenols is 1. The molecule has 0 aromatic heterocycles. The third kappa shape index (κ3) is 3.69. The lowest BCUT2D eigenvalue weighted by Crippen LogP contribution is -2.41. The molecule has 1 aliphatic rings. The van der Waals surface area contributed by atoms with Crippen molar-refractivity contribution in [2.75, 3.05) is 4.90 Å². The Morgan fingerprint density at radius 3 is 2.33 bits per heavy atom. The first-order chi connectivity index (χ1) is 14.3. The van der Waals surface area contributed by atoms with Crippen LogP contribution in [0, 0.1) is 0 Å². The normalized spacial score (nSPS) is 17.8. The predicted molar refractivity (Wildman–Crippen MR) is 120 cm³/mol. The van der Waals surface area contributed by atoms with Gasteiger partial charge in [0.25, 0.3) is 5.91 Å². The average Bonchev–Trinajstić information content (AvgIpc) is 2.91. The molecule has 4 rings (SSSR count). The topological polar surface area (TPSA) is 77.8 Å². The fourth-order valence-corrected chi connectivity index (χ4v) is 4.29. The third-order valence-corrected chi connectivity index (χ3v) is 6.19. The highest BCUT2D eigenvalue weighted by Crippen LogP contribution is 2.45. The Balaban J connectivity index is 1.72. The van der Waals surface area contributed by atoms with Crippen molar-refractivity contribution in [1.29, 1.82) is 0 Å². The van der Waals surface area contributed by atoms with Gasteiger partial charge < -0.3 is 15.1 Å². The minimum atomic E-state index is -2.02. The number of halogens is 2. The van der Waals surface area contributed by atoms with E-state index in [1.54, 1.807) is 30.3 Å². The molecule has 1 aliphatic heterocycles. The summed E-state index contributed by atoms with van der Waals surface area (Å²) in [5.41, 5.74) is -0.145. The van der Waals surface area contributed by atoms with Crippen LogP contribution in [0.1, 0.15) is 27.9 Å². The van der Waals surface area contributed by atoms with E-state index < -0.39 is 23.7 Å². The van der Waals surface area contributed by atoms with Gasteiger partial charge in [-0.25, -0.2) is 0 Å². The molecule has 3 aromatic rings. The smallest absolute Gasteiger partial charge is 0.264 e. The Bertz CT molecular complexity index is 1150. The lowest BCUT2D eigenvalue weighted by Gasteiger charge is -2.23. The Kier molecular flexibility index (Phi) is 5.53. The average molecular weight is 531 g/mol. The summed E-state index contributed by atoms with van der Waals surface area (Å²) in [6.45, 7) is 0.258. The summed E-state index contributed by atoms with van der Waals surface area (Å²) >= 11 is 6.78. The van der Waals surface area contributed by atoms with Crippen molar-refractivity contribution in [3.63, 3.8) is 0 Å². The molecule has 1 heterocycles. The van der Waals surface area contributed by atoms with E-state index in [2.05, 4.69) is 31.9 Å². The Labute approximate surface area is 190 Å². The van der Waals surface area contributed by atoms with E-state index in [0.29, 0.717) is 15.7 Å². The number of Topliss-reactive ketones (excluding diaryl/α,β-unsaturated/α-hetero) is 1. The molecular formula is C23H17Br2NO4. The number of benzene rings is 3. The summed E-state index contributed by atoms with van der Waals surface area (Å²) in [5, 5.41) is 21.4. The van der Waals surface area contributed by atoms with E-state index in [9.17, 15) is 19.8 Å². The van der Waals surface area contributed by atoms with Crippen LogP contribution in [0.15, 0.2) is 75.7 Å². The van der Waals surface area contributed by atoms with Gasteiger partial charge in [-0.2, -0.15) is 0 Å². The number of ketones is 1. The molecule has 152 valence electrons. The lowest BCUT2D eigenvalue weighted by molar-refractivity contribution is -0.136. The molecule has 5 nitrogen and oxygen atoms in total. The number of rotatable bonds is 5. The van der Waals surface area contributed by atoms with E-state index in [0.717, 1.165) is 10.0 Å². The second kappa shape index (κ2) is 7.98. The second-order valence-corrected chi connectivity index (χ2v) is 8.99. The molecule has 0 spiro atoms. The van der Waals surface area contributed by atoms with Crippen LogP contribution in [0.4, 0.5) is 5.69 Å². The van der Waals surface area contributed by atoms with Crippen LogP contribution in [0.5, 0.6) is 5.75 Å². The van der Waals surface area contributed by atoms with Crippen LogP contribution < -0.4 is 4.90 Å². The van der Waals surface area contributed by atoms with Crippen molar-refractivity contribution in [2.24, 2.45) is 0 Å². The van der Waals surface area contributed by atoms with Crippen LogP contribution in [0.2, 0.25) is 0 Å². The van der Waals surface area contributed by atoms with Crippen molar-refractivity contribution in [3.8, 4) is 5.75 Å². The number of fused-ring (bicyclic) bond motifs is 1. The second-order valence-electron chi connectivity index (χ2n) is 7.16. The molecule has 0 radical (unpaired) electrons. The van der Waals surface area contributed by atoms with Crippen molar-refractivity contribution in [3.05, 3.63) is 92.4 Å². The number of nitrogens with zero attached hydrogens (tertiary/aromatic N) is 1. The summed E-state index contributed by atoms with van der Waals surface area (Å²) in [4.78, 5) is 27.7. The summed E-state index contributed by atoms with van der Waals surface area (Å²) in [5.74, 6) is -1.26. The van der Waals surface area contributed by atoms with Gasteiger partial charge in [0, 0.05) is 14.5 Å². The molecule has 0 aliphatic carbocycles. The maximum absolute atomic E-state index is 13.4. The number of hydrogen-bond donors (Lipinski definition) is 2. The summed E-state index contributed by atoms with van der Waals surface area (Å²) < 4.78 is 1.61. The molecule has 7 heteroatoms. The lowest BCUT2D eigenvalue weighted by atomic mass is 9.88. The van der Waals surface area contributed by atoms with Gasteiger partial charge in [0.15, 0.2) is 11.4 Å². The summed E-state index contributed by atoms with van der Waals surface area (Å²) in [6.07, 6.45) is -0.469. The van der Waals surface area contributed by atoms with E-state index in [-0.39, 0.29) is 17.9 Å². The molecule has 3 aromatic carbocycles. The quantitative estimate of drug-likeness (QED) is 0.459. The molecule has 1 amide bonds. The number of aliphatic hydroxyl groups is 1. The number of aromatic hydroxyl groups is 1. The van der Waals surface area contributed by atoms with Crippen LogP contribution in [0.25, 0.3) is 0 Å². The van der Waals surface area contributed by atoms with Crippen LogP contribution >= 0.6 is 31.9 Å². The van der Waals surface area contributed by atoms with E-state index >= 15 is 0 Å². The fourth-order valence-electron chi connectivity index (χ4n) is 3.66. The van der Waals surface area contributed by atoms with Crippen molar-refractivity contribution in [2.45, 2.75) is 18.6 Å². The number of para-hydroxylation sites is 1. The molecule has 1 atom stereocenters. The number of hydrogen-bond acceptors (Lipinski definition) is 4. The van der Waals surface area contributed by atoms with Gasteiger partial charge in [0.05, 0.1) is 24.2 Å². The zero-order valence-corrected chi connectivity index (χ0v) is 18.9. The molecule has 2 N–H and O–H groups in total. The minimum absolute atomic E-state index is 0.0710. The Morgan fingerprint density at radius 1 is 0.967 bits per heavy atom. The molecule has 0 bridgehead atoms. The Morgan fingerprint density at radius 2 is 1.63 bits per heavy atom. The van der Waals surface area contributed by atoms with Crippen molar-refractivity contribution < 1.29 is 19.8 Å². The number of anilines is 1. The maximum atomic E-state index is 13.4. The predicted octanol–water partition coefficient (Wildman–Crippen LogP) is 4.92. The van der Waals surface area contributed by atoms with E-state index in [1.165, 1.54) is 17.0 Å². The Hall–Kier alpha value is -2.48. The third-order valence-electron chi connectivity index (χ3n) is 5.17. The van der Waals surface area contributed by atoms with Gasteiger partial charge in [-0.1, -0.05) is 56.1 Å². The van der Waals surface area contributed by atoms with E-state index in [4.69, 9.17) is 0 Å².